The first-order valence-electron chi connectivity index (χ1n) is 3.32. The summed E-state index contributed by atoms with van der Waals surface area (Å²) in [6.07, 6.45) is 0. The van der Waals surface area contributed by atoms with E-state index >= 15 is 0 Å². The van der Waals surface area contributed by atoms with Crippen molar-refractivity contribution in [2.24, 2.45) is 0 Å². The van der Waals surface area contributed by atoms with Gasteiger partial charge in [0.05, 0.1) is 0 Å². The van der Waals surface area contributed by atoms with E-state index < -0.39 is 0 Å². The van der Waals surface area contributed by atoms with Gasteiger partial charge >= 0.3 is 29.6 Å². The summed E-state index contributed by atoms with van der Waals surface area (Å²) in [5, 5.41) is 0. The molecule has 0 heterocycles. The molecule has 0 aliphatic carbocycles. The first-order chi connectivity index (χ1) is 4.83. The molecule has 5 heteroatoms. The second kappa shape index (κ2) is 22.8. The third-order valence-electron chi connectivity index (χ3n) is 0.332. The maximum absolute atomic E-state index is 4.39. The van der Waals surface area contributed by atoms with Crippen molar-refractivity contribution in [2.45, 2.75) is 20.8 Å². The molecule has 0 saturated heterocycles. The summed E-state index contributed by atoms with van der Waals surface area (Å²) < 4.78 is 0. The van der Waals surface area contributed by atoms with Crippen LogP contribution in [0.1, 0.15) is 20.8 Å². The zero-order valence-corrected chi connectivity index (χ0v) is 13.0. The van der Waals surface area contributed by atoms with Gasteiger partial charge in [-0.05, 0) is 9.83 Å². The SMILES string of the molecule is CCSSSCC.CC[S-].[Na+]. The predicted molar refractivity (Wildman–Crippen MR) is 61.8 cm³/mol. The maximum atomic E-state index is 4.39. The van der Waals surface area contributed by atoms with Crippen LogP contribution in [0, 0.1) is 0 Å². The summed E-state index contributed by atoms with van der Waals surface area (Å²) in [4.78, 5) is 0. The van der Waals surface area contributed by atoms with Gasteiger partial charge in [-0.3, -0.25) is 0 Å². The molecule has 64 valence electrons. The Labute approximate surface area is 110 Å². The van der Waals surface area contributed by atoms with E-state index in [-0.39, 0.29) is 29.6 Å². The molecule has 0 bridgehead atoms. The molecule has 11 heavy (non-hydrogen) atoms. The van der Waals surface area contributed by atoms with E-state index in [1.807, 2.05) is 38.3 Å². The molecule has 0 nitrogen and oxygen atoms in total. The molecular formula is C6H15NaS4. The quantitative estimate of drug-likeness (QED) is 0.304. The Kier molecular flexibility index (Phi) is 39.6. The minimum atomic E-state index is 0. The molecule has 0 radical (unpaired) electrons. The monoisotopic (exact) mass is 238 g/mol. The summed E-state index contributed by atoms with van der Waals surface area (Å²) in [6, 6.07) is 0. The molecule has 0 amide bonds. The standard InChI is InChI=1S/C4H10S3.C2H6S.Na/c1-3-5-7-6-4-2;1-2-3;/h3-4H2,1-2H3;3H,2H2,1H3;/q;;+1/p-1. The van der Waals surface area contributed by atoms with Gasteiger partial charge in [-0.25, -0.2) is 0 Å². The van der Waals surface area contributed by atoms with E-state index in [0.717, 1.165) is 5.75 Å². The van der Waals surface area contributed by atoms with Gasteiger partial charge in [0.1, 0.15) is 0 Å². The zero-order chi connectivity index (χ0) is 8.24. The van der Waals surface area contributed by atoms with E-state index in [1.54, 1.807) is 0 Å². The van der Waals surface area contributed by atoms with Crippen LogP contribution in [0.2, 0.25) is 0 Å². The third kappa shape index (κ3) is 32.7. The van der Waals surface area contributed by atoms with Crippen LogP contribution in [0.4, 0.5) is 0 Å². The van der Waals surface area contributed by atoms with Crippen LogP contribution in [0.15, 0.2) is 0 Å². The number of hydrogen-bond donors (Lipinski definition) is 0. The zero-order valence-electron chi connectivity index (χ0n) is 7.75. The Morgan fingerprint density at radius 3 is 1.45 bits per heavy atom. The van der Waals surface area contributed by atoms with Crippen molar-refractivity contribution in [2.75, 3.05) is 17.3 Å². The molecule has 0 rings (SSSR count). The third-order valence-corrected chi connectivity index (χ3v) is 4.72. The fourth-order valence-electron chi connectivity index (χ4n) is 0.130. The van der Waals surface area contributed by atoms with Crippen LogP contribution >= 0.6 is 31.4 Å². The fourth-order valence-corrected chi connectivity index (χ4v) is 3.52. The molecule has 0 unspecified atom stereocenters. The van der Waals surface area contributed by atoms with Gasteiger partial charge in [0.2, 0.25) is 0 Å². The summed E-state index contributed by atoms with van der Waals surface area (Å²) in [6.45, 7) is 6.29. The maximum Gasteiger partial charge on any atom is 1.00 e. The van der Waals surface area contributed by atoms with Crippen LogP contribution in [0.5, 0.6) is 0 Å². The van der Waals surface area contributed by atoms with Gasteiger partial charge in [-0.2, -0.15) is 5.75 Å². The van der Waals surface area contributed by atoms with Crippen LogP contribution in [0.25, 0.3) is 0 Å². The van der Waals surface area contributed by atoms with Gasteiger partial charge in [0, 0.05) is 11.5 Å². The van der Waals surface area contributed by atoms with Crippen molar-refractivity contribution >= 4 is 44.0 Å². The Bertz CT molecular complexity index is 41.6. The number of hydrogen-bond acceptors (Lipinski definition) is 4. The Balaban J connectivity index is -0.000000140. The average Bonchev–Trinajstić information content (AvgIpc) is 1.91. The van der Waals surface area contributed by atoms with Crippen molar-refractivity contribution in [1.29, 1.82) is 0 Å². The van der Waals surface area contributed by atoms with Crippen LogP contribution in [-0.4, -0.2) is 17.3 Å². The van der Waals surface area contributed by atoms with E-state index in [1.165, 1.54) is 11.5 Å². The van der Waals surface area contributed by atoms with Crippen molar-refractivity contribution in [3.8, 4) is 0 Å². The van der Waals surface area contributed by atoms with Crippen LogP contribution in [-0.2, 0) is 12.6 Å². The second-order valence-electron chi connectivity index (χ2n) is 1.17. The van der Waals surface area contributed by atoms with E-state index in [0.29, 0.717) is 0 Å². The summed E-state index contributed by atoms with van der Waals surface area (Å²) in [5.74, 6) is 3.27. The molecule has 0 atom stereocenters. The smallest absolute Gasteiger partial charge is 0.793 e. The summed E-state index contributed by atoms with van der Waals surface area (Å²) in [5.41, 5.74) is 0. The molecule has 0 fully saturated rings. The normalized spacial score (nSPS) is 7.64. The Hall–Kier alpha value is 2.40. The molecule has 0 N–H and O–H groups in total. The minimum Gasteiger partial charge on any atom is -0.793 e. The van der Waals surface area contributed by atoms with Gasteiger partial charge in [-0.15, -0.1) is 0 Å². The molecule has 0 saturated carbocycles. The summed E-state index contributed by atoms with van der Waals surface area (Å²) >= 11 is 4.39. The van der Waals surface area contributed by atoms with Crippen LogP contribution in [0.3, 0.4) is 0 Å². The molecule has 0 spiro atoms. The number of rotatable bonds is 4. The predicted octanol–water partition coefficient (Wildman–Crippen LogP) is 0.613. The Morgan fingerprint density at radius 2 is 1.27 bits per heavy atom. The van der Waals surface area contributed by atoms with Crippen molar-refractivity contribution in [1.82, 2.24) is 0 Å². The van der Waals surface area contributed by atoms with E-state index in [9.17, 15) is 0 Å². The van der Waals surface area contributed by atoms with Crippen molar-refractivity contribution in [3.05, 3.63) is 0 Å². The summed E-state index contributed by atoms with van der Waals surface area (Å²) in [7, 11) is 5.71. The van der Waals surface area contributed by atoms with Gasteiger partial charge in [0.15, 0.2) is 0 Å². The molecule has 0 aromatic heterocycles. The van der Waals surface area contributed by atoms with Crippen LogP contribution < -0.4 is 29.6 Å². The molecule has 0 aromatic carbocycles. The molecule has 0 aliphatic heterocycles. The Morgan fingerprint density at radius 1 is 1.00 bits per heavy atom. The van der Waals surface area contributed by atoms with Gasteiger partial charge < -0.3 is 12.6 Å². The van der Waals surface area contributed by atoms with E-state index in [2.05, 4.69) is 26.5 Å². The van der Waals surface area contributed by atoms with Gasteiger partial charge in [0.25, 0.3) is 0 Å². The fraction of sp³-hybridized carbons (Fsp3) is 1.00. The first-order valence-corrected chi connectivity index (χ1v) is 7.72. The molecule has 0 aliphatic rings. The first kappa shape index (κ1) is 19.0. The van der Waals surface area contributed by atoms with E-state index in [4.69, 9.17) is 0 Å². The van der Waals surface area contributed by atoms with Crippen molar-refractivity contribution in [3.63, 3.8) is 0 Å². The second-order valence-corrected chi connectivity index (χ2v) is 6.56. The minimum absolute atomic E-state index is 0. The average molecular weight is 238 g/mol. The largest absolute Gasteiger partial charge is 1.00 e. The van der Waals surface area contributed by atoms with Crippen molar-refractivity contribution < 1.29 is 29.6 Å². The van der Waals surface area contributed by atoms with Gasteiger partial charge in [-0.1, -0.05) is 42.4 Å². The molecular weight excluding hydrogens is 223 g/mol. The topological polar surface area (TPSA) is 0 Å². The molecule has 0 aromatic rings.